The van der Waals surface area contributed by atoms with Crippen molar-refractivity contribution in [1.82, 2.24) is 4.90 Å². The summed E-state index contributed by atoms with van der Waals surface area (Å²) in [5.41, 5.74) is 3.12. The monoisotopic (exact) mass is 508 g/mol. The van der Waals surface area contributed by atoms with Crippen LogP contribution in [0, 0.1) is 0 Å². The molecule has 1 aliphatic heterocycles. The van der Waals surface area contributed by atoms with Crippen molar-refractivity contribution in [3.05, 3.63) is 108 Å². The van der Waals surface area contributed by atoms with Gasteiger partial charge in [-0.15, -0.1) is 6.58 Å². The second kappa shape index (κ2) is 11.8. The highest BCUT2D eigenvalue weighted by Gasteiger charge is 2.32. The maximum atomic E-state index is 12.6. The third kappa shape index (κ3) is 6.60. The van der Waals surface area contributed by atoms with Crippen molar-refractivity contribution in [2.45, 2.75) is 36.4 Å². The predicted octanol–water partition coefficient (Wildman–Crippen LogP) is 4.64. The SMILES string of the molecule is C=CCN(C)CC1CC(c2ccc(CO)cc2)OC(c2ccc(NS(=O)(=O)c3ccccc3)cc2)O1. The van der Waals surface area contributed by atoms with Gasteiger partial charge in [0.2, 0.25) is 0 Å². The van der Waals surface area contributed by atoms with Crippen LogP contribution in [0.2, 0.25) is 0 Å². The molecular weight excluding hydrogens is 476 g/mol. The normalized spacial score (nSPS) is 20.2. The number of nitrogens with zero attached hydrogens (tertiary/aromatic N) is 1. The van der Waals surface area contributed by atoms with Gasteiger partial charge in [-0.2, -0.15) is 0 Å². The molecule has 0 radical (unpaired) electrons. The molecule has 36 heavy (non-hydrogen) atoms. The molecule has 0 saturated carbocycles. The molecule has 8 heteroatoms. The predicted molar refractivity (Wildman–Crippen MR) is 140 cm³/mol. The Balaban J connectivity index is 1.52. The highest BCUT2D eigenvalue weighted by atomic mass is 32.2. The van der Waals surface area contributed by atoms with Crippen LogP contribution in [0.1, 0.15) is 35.5 Å². The first kappa shape index (κ1) is 26.1. The number of likely N-dealkylation sites (N-methyl/N-ethyl adjacent to an activating group) is 1. The smallest absolute Gasteiger partial charge is 0.261 e. The van der Waals surface area contributed by atoms with Crippen LogP contribution >= 0.6 is 0 Å². The average molecular weight is 509 g/mol. The van der Waals surface area contributed by atoms with Gasteiger partial charge in [0.25, 0.3) is 10.0 Å². The van der Waals surface area contributed by atoms with Crippen molar-refractivity contribution in [3.8, 4) is 0 Å². The molecule has 3 aromatic carbocycles. The summed E-state index contributed by atoms with van der Waals surface area (Å²) in [4.78, 5) is 2.35. The van der Waals surface area contributed by atoms with E-state index in [-0.39, 0.29) is 23.7 Å². The molecule has 1 saturated heterocycles. The van der Waals surface area contributed by atoms with Crippen molar-refractivity contribution < 1.29 is 23.0 Å². The summed E-state index contributed by atoms with van der Waals surface area (Å²) >= 11 is 0. The average Bonchev–Trinajstić information content (AvgIpc) is 2.89. The Morgan fingerprint density at radius 2 is 1.67 bits per heavy atom. The molecule has 2 N–H and O–H groups in total. The molecule has 3 aromatic rings. The fourth-order valence-electron chi connectivity index (χ4n) is 4.20. The number of sulfonamides is 1. The molecule has 7 nitrogen and oxygen atoms in total. The van der Waals surface area contributed by atoms with Crippen LogP contribution in [0.15, 0.2) is 96.4 Å². The van der Waals surface area contributed by atoms with E-state index in [0.29, 0.717) is 18.7 Å². The van der Waals surface area contributed by atoms with Gasteiger partial charge in [0.05, 0.1) is 23.7 Å². The van der Waals surface area contributed by atoms with Crippen molar-refractivity contribution in [2.24, 2.45) is 0 Å². The number of benzene rings is 3. The number of anilines is 1. The van der Waals surface area contributed by atoms with Gasteiger partial charge in [0.15, 0.2) is 6.29 Å². The number of hydrogen-bond acceptors (Lipinski definition) is 6. The topological polar surface area (TPSA) is 88.1 Å². The lowest BCUT2D eigenvalue weighted by Crippen LogP contribution is -2.37. The Morgan fingerprint density at radius 3 is 2.31 bits per heavy atom. The lowest BCUT2D eigenvalue weighted by Gasteiger charge is -2.37. The van der Waals surface area contributed by atoms with E-state index in [2.05, 4.69) is 16.2 Å². The Bertz CT molecular complexity index is 1230. The van der Waals surface area contributed by atoms with Crippen LogP contribution < -0.4 is 4.72 Å². The highest BCUT2D eigenvalue weighted by molar-refractivity contribution is 7.92. The van der Waals surface area contributed by atoms with Gasteiger partial charge in [0.1, 0.15) is 0 Å². The molecule has 1 aliphatic rings. The fraction of sp³-hybridized carbons (Fsp3) is 0.286. The van der Waals surface area contributed by atoms with E-state index >= 15 is 0 Å². The summed E-state index contributed by atoms with van der Waals surface area (Å²) < 4.78 is 40.6. The Morgan fingerprint density at radius 1 is 1.00 bits per heavy atom. The van der Waals surface area contributed by atoms with E-state index in [1.165, 1.54) is 0 Å². The number of hydrogen-bond donors (Lipinski definition) is 2. The molecule has 0 aromatic heterocycles. The van der Waals surface area contributed by atoms with Crippen LogP contribution in [0.5, 0.6) is 0 Å². The summed E-state index contributed by atoms with van der Waals surface area (Å²) in [6.07, 6.45) is 1.67. The largest absolute Gasteiger partial charge is 0.392 e. The molecule has 0 spiro atoms. The van der Waals surface area contributed by atoms with E-state index in [9.17, 15) is 13.5 Å². The van der Waals surface area contributed by atoms with Crippen LogP contribution in [-0.2, 0) is 26.1 Å². The minimum absolute atomic E-state index is 0.00705. The van der Waals surface area contributed by atoms with Crippen LogP contribution in [-0.4, -0.2) is 44.7 Å². The van der Waals surface area contributed by atoms with E-state index in [4.69, 9.17) is 9.47 Å². The third-order valence-corrected chi connectivity index (χ3v) is 7.46. The minimum atomic E-state index is -3.67. The zero-order valence-corrected chi connectivity index (χ0v) is 21.1. The number of aliphatic hydroxyl groups excluding tert-OH is 1. The second-order valence-corrected chi connectivity index (χ2v) is 10.6. The first-order valence-electron chi connectivity index (χ1n) is 11.9. The van der Waals surface area contributed by atoms with Crippen LogP contribution in [0.4, 0.5) is 5.69 Å². The lowest BCUT2D eigenvalue weighted by atomic mass is 10.00. The van der Waals surface area contributed by atoms with E-state index in [1.807, 2.05) is 49.5 Å². The van der Waals surface area contributed by atoms with Gasteiger partial charge in [-0.3, -0.25) is 4.72 Å². The zero-order chi connectivity index (χ0) is 25.5. The van der Waals surface area contributed by atoms with Gasteiger partial charge in [-0.25, -0.2) is 8.42 Å². The summed E-state index contributed by atoms with van der Waals surface area (Å²) in [6.45, 7) is 5.27. The van der Waals surface area contributed by atoms with E-state index in [0.717, 1.165) is 23.2 Å². The number of ether oxygens (including phenoxy) is 2. The fourth-order valence-corrected chi connectivity index (χ4v) is 5.28. The second-order valence-electron chi connectivity index (χ2n) is 8.90. The van der Waals surface area contributed by atoms with E-state index in [1.54, 1.807) is 42.5 Å². The quantitative estimate of drug-likeness (QED) is 0.388. The van der Waals surface area contributed by atoms with Gasteiger partial charge < -0.3 is 19.5 Å². The summed E-state index contributed by atoms with van der Waals surface area (Å²) in [7, 11) is -1.65. The van der Waals surface area contributed by atoms with Gasteiger partial charge in [-0.05, 0) is 42.4 Å². The van der Waals surface area contributed by atoms with Crippen molar-refractivity contribution in [3.63, 3.8) is 0 Å². The van der Waals surface area contributed by atoms with Gasteiger partial charge in [-0.1, -0.05) is 60.7 Å². The molecule has 190 valence electrons. The zero-order valence-electron chi connectivity index (χ0n) is 20.3. The first-order valence-corrected chi connectivity index (χ1v) is 13.3. The van der Waals surface area contributed by atoms with Crippen LogP contribution in [0.25, 0.3) is 0 Å². The number of rotatable bonds is 10. The molecular formula is C28H32N2O5S. The molecule has 1 fully saturated rings. The van der Waals surface area contributed by atoms with Crippen molar-refractivity contribution in [2.75, 3.05) is 24.9 Å². The maximum absolute atomic E-state index is 12.6. The lowest BCUT2D eigenvalue weighted by molar-refractivity contribution is -0.252. The molecule has 0 aliphatic carbocycles. The number of nitrogens with one attached hydrogen (secondary N) is 1. The maximum Gasteiger partial charge on any atom is 0.261 e. The summed E-state index contributed by atoms with van der Waals surface area (Å²) in [5, 5.41) is 9.37. The molecule has 0 amide bonds. The van der Waals surface area contributed by atoms with Gasteiger partial charge >= 0.3 is 0 Å². The molecule has 1 heterocycles. The standard InChI is InChI=1S/C28H32N2O5S/c1-3-17-30(2)19-25-18-27(22-11-9-21(20-31)10-12-22)35-28(34-25)23-13-15-24(16-14-23)29-36(32,33)26-7-5-4-6-8-26/h3-16,25,27-29,31H,1,17-20H2,2H3. The molecule has 4 rings (SSSR count). The highest BCUT2D eigenvalue weighted by Crippen LogP contribution is 2.38. The van der Waals surface area contributed by atoms with Crippen molar-refractivity contribution >= 4 is 15.7 Å². The van der Waals surface area contributed by atoms with Gasteiger partial charge in [0, 0.05) is 30.8 Å². The molecule has 3 unspecified atom stereocenters. The third-order valence-electron chi connectivity index (χ3n) is 6.06. The summed E-state index contributed by atoms with van der Waals surface area (Å²) in [6, 6.07) is 23.0. The summed E-state index contributed by atoms with van der Waals surface area (Å²) in [5.74, 6) is 0. The van der Waals surface area contributed by atoms with Crippen LogP contribution in [0.3, 0.4) is 0 Å². The van der Waals surface area contributed by atoms with Crippen molar-refractivity contribution in [1.29, 1.82) is 0 Å². The molecule has 0 bridgehead atoms. The Hall–Kier alpha value is -3.01. The Labute approximate surface area is 213 Å². The Kier molecular flexibility index (Phi) is 8.56. The van der Waals surface area contributed by atoms with E-state index < -0.39 is 16.3 Å². The molecule has 3 atom stereocenters. The minimum Gasteiger partial charge on any atom is -0.392 e. The number of aliphatic hydroxyl groups is 1. The first-order chi connectivity index (χ1) is 17.4.